The molecule has 1 saturated heterocycles. The van der Waals surface area contributed by atoms with Crippen LogP contribution in [0.4, 0.5) is 18.9 Å². The third-order valence-electron chi connectivity index (χ3n) is 2.72. The van der Waals surface area contributed by atoms with E-state index in [4.69, 9.17) is 6.42 Å². The van der Waals surface area contributed by atoms with Gasteiger partial charge in [0, 0.05) is 25.1 Å². The quantitative estimate of drug-likeness (QED) is 0.719. The number of amides is 1. The van der Waals surface area contributed by atoms with Gasteiger partial charge in [-0.3, -0.25) is 9.78 Å². The predicted octanol–water partition coefficient (Wildman–Crippen LogP) is 2.09. The molecule has 2 heterocycles. The second-order valence-electron chi connectivity index (χ2n) is 4.00. The Morgan fingerprint density at radius 3 is 2.72 bits per heavy atom. The summed E-state index contributed by atoms with van der Waals surface area (Å²) in [6.45, 7) is 0.234. The van der Waals surface area contributed by atoms with E-state index in [1.807, 2.05) is 0 Å². The fraction of sp³-hybridized carbons (Fsp3) is 0.333. The number of hydrogen-bond acceptors (Lipinski definition) is 2. The van der Waals surface area contributed by atoms with Crippen LogP contribution < -0.4 is 4.90 Å². The van der Waals surface area contributed by atoms with E-state index in [1.165, 1.54) is 11.1 Å². The molecule has 0 aliphatic carbocycles. The molecule has 18 heavy (non-hydrogen) atoms. The molecule has 1 amide bonds. The normalized spacial score (nSPS) is 20.0. The summed E-state index contributed by atoms with van der Waals surface area (Å²) in [6, 6.07) is 0.907. The van der Waals surface area contributed by atoms with Crippen molar-refractivity contribution in [2.75, 3.05) is 11.4 Å². The van der Waals surface area contributed by atoms with Crippen LogP contribution in [-0.2, 0) is 11.0 Å². The summed E-state index contributed by atoms with van der Waals surface area (Å²) in [4.78, 5) is 16.4. The molecule has 1 aromatic heterocycles. The predicted molar refractivity (Wildman–Crippen MR) is 58.5 cm³/mol. The second kappa shape index (κ2) is 4.33. The van der Waals surface area contributed by atoms with Gasteiger partial charge in [-0.1, -0.05) is 0 Å². The van der Waals surface area contributed by atoms with Gasteiger partial charge >= 0.3 is 6.18 Å². The summed E-state index contributed by atoms with van der Waals surface area (Å²) in [6.07, 6.45) is 2.85. The van der Waals surface area contributed by atoms with E-state index in [9.17, 15) is 18.0 Å². The first-order valence-electron chi connectivity index (χ1n) is 5.20. The molecule has 0 N–H and O–H groups in total. The van der Waals surface area contributed by atoms with Crippen molar-refractivity contribution in [1.82, 2.24) is 4.98 Å². The zero-order valence-electron chi connectivity index (χ0n) is 9.24. The van der Waals surface area contributed by atoms with Crippen LogP contribution in [0.5, 0.6) is 0 Å². The van der Waals surface area contributed by atoms with E-state index in [-0.39, 0.29) is 30.5 Å². The molecule has 0 bridgehead atoms. The van der Waals surface area contributed by atoms with E-state index in [0.29, 0.717) is 0 Å². The van der Waals surface area contributed by atoms with Gasteiger partial charge in [-0.05, 0) is 6.07 Å². The molecule has 1 fully saturated rings. The van der Waals surface area contributed by atoms with E-state index < -0.39 is 11.7 Å². The van der Waals surface area contributed by atoms with Crippen molar-refractivity contribution in [2.45, 2.75) is 12.6 Å². The van der Waals surface area contributed by atoms with Gasteiger partial charge in [-0.25, -0.2) is 0 Å². The number of rotatable bonds is 1. The molecule has 1 atom stereocenters. The van der Waals surface area contributed by atoms with Gasteiger partial charge in [-0.15, -0.1) is 12.3 Å². The first-order chi connectivity index (χ1) is 8.41. The van der Waals surface area contributed by atoms with Gasteiger partial charge in [0.15, 0.2) is 0 Å². The smallest absolute Gasteiger partial charge is 0.310 e. The molecule has 3 nitrogen and oxygen atoms in total. The number of nitrogens with zero attached hydrogens (tertiary/aromatic N) is 2. The lowest BCUT2D eigenvalue weighted by Gasteiger charge is -2.17. The maximum atomic E-state index is 12.5. The van der Waals surface area contributed by atoms with Crippen LogP contribution in [0, 0.1) is 18.3 Å². The standard InChI is InChI=1S/C12H9F3N2O/c1-2-8-3-11(18)17(7-8)10-4-9(5-16-6-10)12(13,14)15/h1,4-6,8H,3,7H2. The minimum absolute atomic E-state index is 0.132. The van der Waals surface area contributed by atoms with E-state index >= 15 is 0 Å². The molecule has 0 saturated carbocycles. The minimum Gasteiger partial charge on any atom is -0.310 e. The van der Waals surface area contributed by atoms with E-state index in [0.717, 1.165) is 12.3 Å². The fourth-order valence-corrected chi connectivity index (χ4v) is 1.80. The summed E-state index contributed by atoms with van der Waals surface area (Å²) in [5, 5.41) is 0. The molecule has 0 aromatic carbocycles. The van der Waals surface area contributed by atoms with Crippen molar-refractivity contribution < 1.29 is 18.0 Å². The monoisotopic (exact) mass is 254 g/mol. The molecule has 1 unspecified atom stereocenters. The highest BCUT2D eigenvalue weighted by atomic mass is 19.4. The molecule has 0 radical (unpaired) electrons. The number of aromatic nitrogens is 1. The third-order valence-corrected chi connectivity index (χ3v) is 2.72. The second-order valence-corrected chi connectivity index (χ2v) is 4.00. The molecule has 94 valence electrons. The third kappa shape index (κ3) is 2.30. The van der Waals surface area contributed by atoms with Gasteiger partial charge in [0.25, 0.3) is 0 Å². The maximum Gasteiger partial charge on any atom is 0.417 e. The highest BCUT2D eigenvalue weighted by Gasteiger charge is 2.34. The summed E-state index contributed by atoms with van der Waals surface area (Å²) in [5.74, 6) is 1.90. The lowest BCUT2D eigenvalue weighted by atomic mass is 10.1. The summed E-state index contributed by atoms with van der Waals surface area (Å²) >= 11 is 0. The van der Waals surface area contributed by atoms with Crippen molar-refractivity contribution in [3.05, 3.63) is 24.0 Å². The summed E-state index contributed by atoms with van der Waals surface area (Å²) < 4.78 is 37.6. The van der Waals surface area contributed by atoms with Crippen LogP contribution >= 0.6 is 0 Å². The zero-order valence-corrected chi connectivity index (χ0v) is 9.24. The number of hydrogen-bond donors (Lipinski definition) is 0. The average Bonchev–Trinajstić information content (AvgIpc) is 2.70. The molecule has 1 aromatic rings. The van der Waals surface area contributed by atoms with Crippen molar-refractivity contribution in [2.24, 2.45) is 5.92 Å². The molecule has 0 spiro atoms. The Bertz CT molecular complexity index is 519. The number of pyridine rings is 1. The lowest BCUT2D eigenvalue weighted by Crippen LogP contribution is -2.25. The van der Waals surface area contributed by atoms with Crippen LogP contribution in [-0.4, -0.2) is 17.4 Å². The summed E-state index contributed by atoms with van der Waals surface area (Å²) in [7, 11) is 0. The number of carbonyl (C=O) groups is 1. The Morgan fingerprint density at radius 1 is 1.44 bits per heavy atom. The average molecular weight is 254 g/mol. The Balaban J connectivity index is 2.30. The van der Waals surface area contributed by atoms with Crippen molar-refractivity contribution in [1.29, 1.82) is 0 Å². The van der Waals surface area contributed by atoms with Crippen molar-refractivity contribution in [3.8, 4) is 12.3 Å². The highest BCUT2D eigenvalue weighted by molar-refractivity contribution is 5.96. The molecule has 1 aliphatic heterocycles. The molecule has 6 heteroatoms. The van der Waals surface area contributed by atoms with Crippen molar-refractivity contribution in [3.63, 3.8) is 0 Å². The Morgan fingerprint density at radius 2 is 2.17 bits per heavy atom. The SMILES string of the molecule is C#CC1CC(=O)N(c2cncc(C(F)(F)F)c2)C1. The molecule has 1 aliphatic rings. The minimum atomic E-state index is -4.47. The summed E-state index contributed by atoms with van der Waals surface area (Å²) in [5.41, 5.74) is -0.746. The van der Waals surface area contributed by atoms with Crippen LogP contribution in [0.1, 0.15) is 12.0 Å². The Hall–Kier alpha value is -2.03. The van der Waals surface area contributed by atoms with E-state index in [2.05, 4.69) is 10.9 Å². The van der Waals surface area contributed by atoms with Crippen LogP contribution in [0.15, 0.2) is 18.5 Å². The topological polar surface area (TPSA) is 33.2 Å². The number of carbonyl (C=O) groups excluding carboxylic acids is 1. The maximum absolute atomic E-state index is 12.5. The first-order valence-corrected chi connectivity index (χ1v) is 5.20. The van der Waals surface area contributed by atoms with E-state index in [1.54, 1.807) is 0 Å². The van der Waals surface area contributed by atoms with Crippen LogP contribution in [0.2, 0.25) is 0 Å². The fourth-order valence-electron chi connectivity index (χ4n) is 1.80. The molecule has 2 rings (SSSR count). The Labute approximate surface area is 102 Å². The molecular formula is C12H9F3N2O. The number of alkyl halides is 3. The first kappa shape index (κ1) is 12.4. The highest BCUT2D eigenvalue weighted by Crippen LogP contribution is 2.32. The number of anilines is 1. The van der Waals surface area contributed by atoms with Crippen molar-refractivity contribution >= 4 is 11.6 Å². The van der Waals surface area contributed by atoms with Crippen LogP contribution in [0.25, 0.3) is 0 Å². The van der Waals surface area contributed by atoms with Gasteiger partial charge in [0.1, 0.15) is 0 Å². The lowest BCUT2D eigenvalue weighted by molar-refractivity contribution is -0.137. The molecular weight excluding hydrogens is 245 g/mol. The van der Waals surface area contributed by atoms with Gasteiger partial charge in [0.2, 0.25) is 5.91 Å². The zero-order chi connectivity index (χ0) is 13.3. The largest absolute Gasteiger partial charge is 0.417 e. The Kier molecular flexibility index (Phi) is 2.99. The number of halogens is 3. The van der Waals surface area contributed by atoms with Gasteiger partial charge in [0.05, 0.1) is 17.4 Å². The number of terminal acetylenes is 1. The van der Waals surface area contributed by atoms with Gasteiger partial charge in [-0.2, -0.15) is 13.2 Å². The van der Waals surface area contributed by atoms with Gasteiger partial charge < -0.3 is 4.90 Å². The van der Waals surface area contributed by atoms with Crippen LogP contribution in [0.3, 0.4) is 0 Å².